The van der Waals surface area contributed by atoms with Crippen molar-refractivity contribution in [3.8, 4) is 0 Å². The number of rotatable bonds is 2. The third-order valence-electron chi connectivity index (χ3n) is 1.25. The Morgan fingerprint density at radius 1 is 1.20 bits per heavy atom. The maximum atomic E-state index is 2.22. The zero-order valence-electron chi connectivity index (χ0n) is 5.83. The second-order valence-electron chi connectivity index (χ2n) is 2.05. The molecule has 0 aliphatic carbocycles. The molecule has 0 spiro atoms. The van der Waals surface area contributed by atoms with Gasteiger partial charge in [0.2, 0.25) is 0 Å². The molecule has 0 nitrogen and oxygen atoms in total. The molecule has 0 N–H and O–H groups in total. The summed E-state index contributed by atoms with van der Waals surface area (Å²) >= 11 is 1.32. The summed E-state index contributed by atoms with van der Waals surface area (Å²) in [4.78, 5) is 0. The van der Waals surface area contributed by atoms with Crippen LogP contribution in [-0.4, -0.2) is 22.5 Å². The third kappa shape index (κ3) is 2.56. The van der Waals surface area contributed by atoms with Crippen LogP contribution in [0.5, 0.6) is 0 Å². The summed E-state index contributed by atoms with van der Waals surface area (Å²) in [7, 11) is 0. The zero-order chi connectivity index (χ0) is 7.23. The van der Waals surface area contributed by atoms with Gasteiger partial charge in [-0.2, -0.15) is 0 Å². The topological polar surface area (TPSA) is 0 Å². The zero-order valence-corrected chi connectivity index (χ0v) is 9.12. The minimum absolute atomic E-state index is 1.24. The molecule has 1 rings (SSSR count). The summed E-state index contributed by atoms with van der Waals surface area (Å²) in [5.41, 5.74) is 1.30. The average molecular weight is 237 g/mol. The van der Waals surface area contributed by atoms with Gasteiger partial charge >= 0.3 is 75.0 Å². The van der Waals surface area contributed by atoms with Crippen molar-refractivity contribution < 1.29 is 0 Å². The molecule has 0 aromatic heterocycles. The number of hydrogen-bond donors (Lipinski definition) is 0. The van der Waals surface area contributed by atoms with Crippen LogP contribution in [0.2, 0.25) is 4.44 Å². The van der Waals surface area contributed by atoms with Crippen molar-refractivity contribution in [2.45, 2.75) is 4.44 Å². The van der Waals surface area contributed by atoms with Gasteiger partial charge in [-0.25, -0.2) is 0 Å². The first kappa shape index (κ1) is 7.86. The van der Waals surface area contributed by atoms with Crippen LogP contribution in [0.1, 0.15) is 5.56 Å². The summed E-state index contributed by atoms with van der Waals surface area (Å²) in [6, 6.07) is 10.4. The van der Waals surface area contributed by atoms with E-state index in [1.165, 1.54) is 32.5 Å². The van der Waals surface area contributed by atoms with Crippen molar-refractivity contribution >= 4 is 28.6 Å². The fourth-order valence-electron chi connectivity index (χ4n) is 0.768. The predicted molar refractivity (Wildman–Crippen MR) is 47.4 cm³/mol. The summed E-state index contributed by atoms with van der Waals surface area (Å²) in [5, 5.41) is 0. The molecule has 1 aromatic rings. The molecule has 50 valence electrons. The Hall–Kier alpha value is -0.241. The molecule has 0 aliphatic rings. The van der Waals surface area contributed by atoms with E-state index in [-0.39, 0.29) is 0 Å². The summed E-state index contributed by atoms with van der Waals surface area (Å²) in [6.07, 6.45) is 4.39. The normalized spacial score (nSPS) is 10.5. The van der Waals surface area contributed by atoms with Crippen LogP contribution in [0.3, 0.4) is 0 Å². The van der Waals surface area contributed by atoms with Crippen molar-refractivity contribution in [1.82, 2.24) is 0 Å². The summed E-state index contributed by atoms with van der Waals surface area (Å²) in [5.74, 6) is 0. The van der Waals surface area contributed by atoms with Gasteiger partial charge in [0.15, 0.2) is 0 Å². The molecule has 0 aliphatic heterocycles. The second kappa shape index (κ2) is 4.56. The van der Waals surface area contributed by atoms with E-state index < -0.39 is 0 Å². The molecular formula is C9H10Sn. The van der Waals surface area contributed by atoms with E-state index >= 15 is 0 Å². The molecule has 0 unspecified atom stereocenters. The minimum atomic E-state index is 1.24. The number of benzene rings is 1. The van der Waals surface area contributed by atoms with E-state index in [1.807, 2.05) is 6.07 Å². The maximum absolute atomic E-state index is 2.22. The van der Waals surface area contributed by atoms with E-state index in [0.29, 0.717) is 0 Å². The molecule has 0 amide bonds. The monoisotopic (exact) mass is 238 g/mol. The first-order valence-electron chi connectivity index (χ1n) is 3.35. The van der Waals surface area contributed by atoms with Crippen LogP contribution < -0.4 is 0 Å². The fraction of sp³-hybridized carbons (Fsp3) is 0.111. The molecule has 1 heteroatoms. The van der Waals surface area contributed by atoms with Gasteiger partial charge in [0, 0.05) is 0 Å². The quantitative estimate of drug-likeness (QED) is 0.690. The van der Waals surface area contributed by atoms with Gasteiger partial charge < -0.3 is 0 Å². The molecule has 0 fully saturated rings. The standard InChI is InChI=1S/C9H9.Sn.H/c1-2-6-9-7-4-3-5-8-9;;/h2-8H,1H2;;. The van der Waals surface area contributed by atoms with Gasteiger partial charge in [0.1, 0.15) is 0 Å². The molecule has 0 saturated heterocycles. The van der Waals surface area contributed by atoms with Crippen molar-refractivity contribution in [3.05, 3.63) is 42.0 Å². The molecule has 2 radical (unpaired) electrons. The molecule has 0 bridgehead atoms. The second-order valence-corrected chi connectivity index (χ2v) is 3.39. The van der Waals surface area contributed by atoms with Crippen LogP contribution in [0.15, 0.2) is 36.4 Å². The van der Waals surface area contributed by atoms with Crippen molar-refractivity contribution in [3.63, 3.8) is 0 Å². The Balaban J connectivity index is 2.67. The Morgan fingerprint density at radius 2 is 1.90 bits per heavy atom. The SMILES string of the molecule is [SnH][CH2]C=Cc1ccccc1. The summed E-state index contributed by atoms with van der Waals surface area (Å²) in [6.45, 7) is 0. The van der Waals surface area contributed by atoms with Crippen LogP contribution in [0.25, 0.3) is 6.08 Å². The third-order valence-corrected chi connectivity index (χ3v) is 2.02. The van der Waals surface area contributed by atoms with Crippen LogP contribution in [0, 0.1) is 0 Å². The Kier molecular flexibility index (Phi) is 3.58. The van der Waals surface area contributed by atoms with Crippen LogP contribution >= 0.6 is 0 Å². The Labute approximate surface area is 75.0 Å². The van der Waals surface area contributed by atoms with Crippen molar-refractivity contribution in [2.24, 2.45) is 0 Å². The molecule has 1 aromatic carbocycles. The first-order chi connectivity index (χ1) is 4.93. The first-order valence-corrected chi connectivity index (χ1v) is 5.68. The van der Waals surface area contributed by atoms with Gasteiger partial charge in [-0.1, -0.05) is 0 Å². The molecule has 10 heavy (non-hydrogen) atoms. The molecular weight excluding hydrogens is 227 g/mol. The number of hydrogen-bond acceptors (Lipinski definition) is 0. The predicted octanol–water partition coefficient (Wildman–Crippen LogP) is 2.02. The van der Waals surface area contributed by atoms with Crippen LogP contribution in [0.4, 0.5) is 0 Å². The fourth-order valence-corrected chi connectivity index (χ4v) is 1.16. The van der Waals surface area contributed by atoms with Gasteiger partial charge in [-0.05, 0) is 0 Å². The van der Waals surface area contributed by atoms with E-state index in [1.54, 1.807) is 0 Å². The Bertz CT molecular complexity index is 201. The Morgan fingerprint density at radius 3 is 2.50 bits per heavy atom. The van der Waals surface area contributed by atoms with E-state index in [4.69, 9.17) is 0 Å². The van der Waals surface area contributed by atoms with Gasteiger partial charge in [-0.15, -0.1) is 0 Å². The molecule has 0 heterocycles. The number of allylic oxidation sites excluding steroid dienone is 1. The van der Waals surface area contributed by atoms with Crippen molar-refractivity contribution in [1.29, 1.82) is 0 Å². The average Bonchev–Trinajstić information content (AvgIpc) is 2.03. The van der Waals surface area contributed by atoms with Gasteiger partial charge in [0.25, 0.3) is 0 Å². The molecule has 0 saturated carbocycles. The van der Waals surface area contributed by atoms with Crippen molar-refractivity contribution in [2.75, 3.05) is 0 Å². The van der Waals surface area contributed by atoms with Gasteiger partial charge in [-0.3, -0.25) is 0 Å². The van der Waals surface area contributed by atoms with Crippen LogP contribution in [-0.2, 0) is 0 Å². The summed E-state index contributed by atoms with van der Waals surface area (Å²) < 4.78 is 1.24. The van der Waals surface area contributed by atoms with E-state index in [9.17, 15) is 0 Å². The van der Waals surface area contributed by atoms with Gasteiger partial charge in [0.05, 0.1) is 0 Å². The molecule has 0 atom stereocenters. The van der Waals surface area contributed by atoms with E-state index in [2.05, 4.69) is 36.4 Å². The van der Waals surface area contributed by atoms with E-state index in [0.717, 1.165) is 0 Å².